The van der Waals surface area contributed by atoms with Crippen LogP contribution < -0.4 is 10.6 Å². The third kappa shape index (κ3) is 6.46. The van der Waals surface area contributed by atoms with E-state index in [1.807, 2.05) is 0 Å². The van der Waals surface area contributed by atoms with Crippen molar-refractivity contribution in [2.45, 2.75) is 13.0 Å². The molecule has 2 amide bonds. The van der Waals surface area contributed by atoms with E-state index >= 15 is 0 Å². The zero-order valence-electron chi connectivity index (χ0n) is 13.3. The molecular formula is C17H17FN2O5. The van der Waals surface area contributed by atoms with Gasteiger partial charge < -0.3 is 19.8 Å². The van der Waals surface area contributed by atoms with Crippen LogP contribution in [0, 0.1) is 5.82 Å². The molecular weight excluding hydrogens is 331 g/mol. The summed E-state index contributed by atoms with van der Waals surface area (Å²) in [4.78, 5) is 34.6. The first-order valence-electron chi connectivity index (χ1n) is 7.53. The van der Waals surface area contributed by atoms with Crippen molar-refractivity contribution in [3.63, 3.8) is 0 Å². The van der Waals surface area contributed by atoms with Gasteiger partial charge in [0.25, 0.3) is 11.8 Å². The smallest absolute Gasteiger partial charge is 0.308 e. The lowest BCUT2D eigenvalue weighted by Gasteiger charge is -2.07. The van der Waals surface area contributed by atoms with E-state index in [1.54, 1.807) is 18.2 Å². The molecule has 0 radical (unpaired) electrons. The summed E-state index contributed by atoms with van der Waals surface area (Å²) in [6.07, 6.45) is 1.30. The van der Waals surface area contributed by atoms with Crippen LogP contribution in [0.1, 0.15) is 22.5 Å². The summed E-state index contributed by atoms with van der Waals surface area (Å²) < 4.78 is 22.4. The molecule has 0 saturated carbocycles. The van der Waals surface area contributed by atoms with E-state index in [9.17, 15) is 18.8 Å². The number of esters is 1. The fourth-order valence-corrected chi connectivity index (χ4v) is 1.85. The molecule has 0 spiro atoms. The van der Waals surface area contributed by atoms with Gasteiger partial charge in [0, 0.05) is 13.1 Å². The highest BCUT2D eigenvalue weighted by atomic mass is 19.1. The third-order valence-electron chi connectivity index (χ3n) is 3.13. The van der Waals surface area contributed by atoms with Gasteiger partial charge in [-0.15, -0.1) is 0 Å². The minimum absolute atomic E-state index is 0.0650. The second kappa shape index (κ2) is 9.21. The van der Waals surface area contributed by atoms with Gasteiger partial charge >= 0.3 is 5.97 Å². The van der Waals surface area contributed by atoms with Crippen LogP contribution in [0.15, 0.2) is 47.1 Å². The van der Waals surface area contributed by atoms with Crippen molar-refractivity contribution < 1.29 is 27.9 Å². The lowest BCUT2D eigenvalue weighted by Crippen LogP contribution is -2.30. The van der Waals surface area contributed by atoms with Crippen LogP contribution >= 0.6 is 0 Å². The summed E-state index contributed by atoms with van der Waals surface area (Å²) in [6.45, 7) is -0.155. The number of halogens is 1. The van der Waals surface area contributed by atoms with Crippen LogP contribution in [0.3, 0.4) is 0 Å². The molecule has 25 heavy (non-hydrogen) atoms. The first kappa shape index (κ1) is 18.2. The van der Waals surface area contributed by atoms with E-state index in [0.717, 1.165) is 5.56 Å². The number of amides is 2. The van der Waals surface area contributed by atoms with Gasteiger partial charge in [0.2, 0.25) is 0 Å². The molecule has 0 saturated heterocycles. The van der Waals surface area contributed by atoms with Crippen molar-refractivity contribution in [3.05, 3.63) is 59.8 Å². The van der Waals surface area contributed by atoms with Crippen LogP contribution in [0.2, 0.25) is 0 Å². The van der Waals surface area contributed by atoms with Crippen LogP contribution in [0.5, 0.6) is 0 Å². The van der Waals surface area contributed by atoms with Gasteiger partial charge in [0.05, 0.1) is 12.7 Å². The highest BCUT2D eigenvalue weighted by Crippen LogP contribution is 2.02. The highest BCUT2D eigenvalue weighted by Gasteiger charge is 2.10. The molecule has 1 aromatic heterocycles. The number of ether oxygens (including phenoxy) is 1. The summed E-state index contributed by atoms with van der Waals surface area (Å²) in [7, 11) is 0. The Balaban J connectivity index is 1.58. The van der Waals surface area contributed by atoms with Crippen molar-refractivity contribution in [1.29, 1.82) is 0 Å². The Labute approximate surface area is 143 Å². The Morgan fingerprint density at radius 1 is 1.08 bits per heavy atom. The van der Waals surface area contributed by atoms with Crippen LogP contribution in [0.25, 0.3) is 0 Å². The van der Waals surface area contributed by atoms with E-state index in [2.05, 4.69) is 10.6 Å². The Bertz CT molecular complexity index is 713. The summed E-state index contributed by atoms with van der Waals surface area (Å²) in [5.74, 6) is -1.74. The number of rotatable bonds is 8. The number of nitrogens with one attached hydrogen (secondary N) is 2. The molecule has 1 heterocycles. The van der Waals surface area contributed by atoms with Gasteiger partial charge in [-0.3, -0.25) is 14.4 Å². The van der Waals surface area contributed by atoms with Crippen LogP contribution in [-0.2, 0) is 20.9 Å². The summed E-state index contributed by atoms with van der Waals surface area (Å²) in [6, 6.07) is 8.75. The second-order valence-electron chi connectivity index (χ2n) is 5.05. The Hall–Kier alpha value is -3.16. The number of hydrogen-bond donors (Lipinski definition) is 2. The molecule has 2 rings (SSSR count). The SMILES string of the molecule is O=C(COC(=O)CCNC(=O)c1ccco1)NCc1ccc(F)cc1. The van der Waals surface area contributed by atoms with Gasteiger partial charge in [-0.25, -0.2) is 4.39 Å². The van der Waals surface area contributed by atoms with Crippen molar-refractivity contribution in [3.8, 4) is 0 Å². The minimum atomic E-state index is -0.614. The largest absolute Gasteiger partial charge is 0.459 e. The maximum Gasteiger partial charge on any atom is 0.308 e. The Morgan fingerprint density at radius 2 is 1.84 bits per heavy atom. The second-order valence-corrected chi connectivity index (χ2v) is 5.05. The maximum absolute atomic E-state index is 12.8. The quantitative estimate of drug-likeness (QED) is 0.703. The predicted molar refractivity (Wildman–Crippen MR) is 84.9 cm³/mol. The molecule has 8 heteroatoms. The summed E-state index contributed by atoms with van der Waals surface area (Å²) in [5.41, 5.74) is 0.724. The maximum atomic E-state index is 12.8. The number of carbonyl (C=O) groups excluding carboxylic acids is 3. The molecule has 0 unspecified atom stereocenters. The number of furan rings is 1. The zero-order chi connectivity index (χ0) is 18.1. The monoisotopic (exact) mass is 348 g/mol. The van der Waals surface area contributed by atoms with E-state index in [-0.39, 0.29) is 31.1 Å². The highest BCUT2D eigenvalue weighted by molar-refractivity contribution is 5.91. The molecule has 0 fully saturated rings. The Morgan fingerprint density at radius 3 is 2.52 bits per heavy atom. The van der Waals surface area contributed by atoms with Gasteiger partial charge in [-0.1, -0.05) is 12.1 Å². The fourth-order valence-electron chi connectivity index (χ4n) is 1.85. The van der Waals surface area contributed by atoms with E-state index < -0.39 is 24.4 Å². The van der Waals surface area contributed by atoms with E-state index in [1.165, 1.54) is 24.5 Å². The van der Waals surface area contributed by atoms with Crippen molar-refractivity contribution in [1.82, 2.24) is 10.6 Å². The average Bonchev–Trinajstić information content (AvgIpc) is 3.14. The van der Waals surface area contributed by atoms with E-state index in [0.29, 0.717) is 0 Å². The number of benzene rings is 1. The Kier molecular flexibility index (Phi) is 6.70. The first-order chi connectivity index (χ1) is 12.0. The van der Waals surface area contributed by atoms with Gasteiger partial charge in [-0.05, 0) is 29.8 Å². The van der Waals surface area contributed by atoms with Crippen molar-refractivity contribution in [2.75, 3.05) is 13.2 Å². The average molecular weight is 348 g/mol. The predicted octanol–water partition coefficient (Wildman–Crippen LogP) is 1.40. The van der Waals surface area contributed by atoms with Gasteiger partial charge in [0.1, 0.15) is 5.82 Å². The van der Waals surface area contributed by atoms with Gasteiger partial charge in [0.15, 0.2) is 12.4 Å². The summed E-state index contributed by atoms with van der Waals surface area (Å²) in [5, 5.41) is 5.04. The molecule has 2 N–H and O–H groups in total. The lowest BCUT2D eigenvalue weighted by atomic mass is 10.2. The summed E-state index contributed by atoms with van der Waals surface area (Å²) >= 11 is 0. The van der Waals surface area contributed by atoms with Crippen molar-refractivity contribution in [2.24, 2.45) is 0 Å². The molecule has 0 aliphatic rings. The van der Waals surface area contributed by atoms with Crippen LogP contribution in [-0.4, -0.2) is 30.9 Å². The zero-order valence-corrected chi connectivity index (χ0v) is 13.3. The minimum Gasteiger partial charge on any atom is -0.459 e. The molecule has 132 valence electrons. The van der Waals surface area contributed by atoms with Crippen LogP contribution in [0.4, 0.5) is 4.39 Å². The fraction of sp³-hybridized carbons (Fsp3) is 0.235. The number of carbonyl (C=O) groups is 3. The lowest BCUT2D eigenvalue weighted by molar-refractivity contribution is -0.148. The van der Waals surface area contributed by atoms with Crippen molar-refractivity contribution >= 4 is 17.8 Å². The number of hydrogen-bond acceptors (Lipinski definition) is 5. The molecule has 0 atom stereocenters. The topological polar surface area (TPSA) is 97.6 Å². The van der Waals surface area contributed by atoms with E-state index in [4.69, 9.17) is 9.15 Å². The molecule has 1 aromatic carbocycles. The molecule has 0 aliphatic heterocycles. The first-order valence-corrected chi connectivity index (χ1v) is 7.53. The normalized spacial score (nSPS) is 10.1. The molecule has 0 aliphatic carbocycles. The molecule has 2 aromatic rings. The molecule has 7 nitrogen and oxygen atoms in total. The van der Waals surface area contributed by atoms with Gasteiger partial charge in [-0.2, -0.15) is 0 Å². The molecule has 0 bridgehead atoms. The standard InChI is InChI=1S/C17H17FN2O5/c18-13-5-3-12(4-6-13)10-20-15(21)11-25-16(22)7-8-19-17(23)14-2-1-9-24-14/h1-6,9H,7-8,10-11H2,(H,19,23)(H,20,21). The third-order valence-corrected chi connectivity index (χ3v) is 3.13.